The molecule has 6 heteroatoms. The number of alkyl halides is 2. The Morgan fingerprint density at radius 2 is 1.47 bits per heavy atom. The smallest absolute Gasteiger partial charge is 0.200 e. The van der Waals surface area contributed by atoms with Crippen molar-refractivity contribution >= 4 is 57.0 Å². The fourth-order valence-corrected chi connectivity index (χ4v) is 2.73. The number of halogens is 2. The molecule has 0 radical (unpaired) electrons. The van der Waals surface area contributed by atoms with Crippen molar-refractivity contribution in [3.8, 4) is 0 Å². The van der Waals surface area contributed by atoms with Gasteiger partial charge in [0.1, 0.15) is 26.7 Å². The molecule has 0 spiro atoms. The van der Waals surface area contributed by atoms with Gasteiger partial charge in [-0.05, 0) is 12.8 Å². The number of aliphatic imine (C=N–C) groups is 2. The van der Waals surface area contributed by atoms with E-state index in [1.54, 1.807) is 0 Å². The normalized spacial score (nSPS) is 36.7. The van der Waals surface area contributed by atoms with Gasteiger partial charge in [-0.25, -0.2) is 9.98 Å². The molecule has 4 nitrogen and oxygen atoms in total. The fourth-order valence-electron chi connectivity index (χ4n) is 1.87. The summed E-state index contributed by atoms with van der Waals surface area (Å²) in [5.41, 5.74) is -0.0835. The van der Waals surface area contributed by atoms with Crippen molar-refractivity contribution in [2.45, 2.75) is 20.9 Å². The molecule has 3 aliphatic rings. The third-order valence-electron chi connectivity index (χ3n) is 2.80. The summed E-state index contributed by atoms with van der Waals surface area (Å²) in [4.78, 5) is 9.02. The standard InChI is InChI=1S/C9H10I2N2O2/c10-5-3-14-7(12-5)9(1-2-9)8-13-6(11)4-15-8/h5-6H,1-4H2/t5-,6-/m1/s1. The van der Waals surface area contributed by atoms with Crippen LogP contribution in [-0.4, -0.2) is 33.1 Å². The molecular formula is C9H10I2N2O2. The lowest BCUT2D eigenvalue weighted by molar-refractivity contribution is 0.298. The van der Waals surface area contributed by atoms with Crippen LogP contribution >= 0.6 is 45.2 Å². The highest BCUT2D eigenvalue weighted by Crippen LogP contribution is 2.51. The summed E-state index contributed by atoms with van der Waals surface area (Å²) < 4.78 is 11.8. The predicted octanol–water partition coefficient (Wildman–Crippen LogP) is 2.15. The summed E-state index contributed by atoms with van der Waals surface area (Å²) in [6, 6.07) is 0. The highest BCUT2D eigenvalue weighted by atomic mass is 127. The van der Waals surface area contributed by atoms with Crippen molar-refractivity contribution in [2.75, 3.05) is 13.2 Å². The molecule has 1 fully saturated rings. The Balaban J connectivity index is 1.86. The second-order valence-electron chi connectivity index (χ2n) is 3.94. The molecule has 0 amide bonds. The summed E-state index contributed by atoms with van der Waals surface area (Å²) in [7, 11) is 0. The van der Waals surface area contributed by atoms with E-state index in [1.807, 2.05) is 0 Å². The van der Waals surface area contributed by atoms with Crippen molar-refractivity contribution in [3.63, 3.8) is 0 Å². The van der Waals surface area contributed by atoms with Crippen LogP contribution in [0.5, 0.6) is 0 Å². The predicted molar refractivity (Wildman–Crippen MR) is 74.1 cm³/mol. The lowest BCUT2D eigenvalue weighted by Gasteiger charge is -2.13. The summed E-state index contributed by atoms with van der Waals surface area (Å²) >= 11 is 4.58. The van der Waals surface area contributed by atoms with E-state index >= 15 is 0 Å². The van der Waals surface area contributed by atoms with Crippen LogP contribution in [0, 0.1) is 5.41 Å². The number of hydrogen-bond acceptors (Lipinski definition) is 4. The third kappa shape index (κ3) is 1.77. The highest BCUT2D eigenvalue weighted by molar-refractivity contribution is 14.1. The Kier molecular flexibility index (Phi) is 2.61. The summed E-state index contributed by atoms with van der Waals surface area (Å²) in [6.07, 6.45) is 2.13. The zero-order valence-corrected chi connectivity index (χ0v) is 12.3. The first-order valence-electron chi connectivity index (χ1n) is 4.91. The SMILES string of the molecule is I[C@H]1COC(C2(C3=N[C@@H](I)CO3)CC2)=N1. The average molecular weight is 432 g/mol. The van der Waals surface area contributed by atoms with Crippen molar-refractivity contribution in [1.29, 1.82) is 0 Å². The number of hydrogen-bond donors (Lipinski definition) is 0. The molecule has 1 saturated carbocycles. The maximum atomic E-state index is 5.62. The zero-order chi connectivity index (χ0) is 10.5. The molecule has 0 aromatic heterocycles. The maximum absolute atomic E-state index is 5.62. The molecule has 0 unspecified atom stereocenters. The molecule has 82 valence electrons. The molecule has 2 atom stereocenters. The molecule has 0 saturated heterocycles. The van der Waals surface area contributed by atoms with Gasteiger partial charge >= 0.3 is 0 Å². The Morgan fingerprint density at radius 3 is 1.73 bits per heavy atom. The molecule has 0 bridgehead atoms. The average Bonchev–Trinajstić information content (AvgIpc) is 2.71. The van der Waals surface area contributed by atoms with E-state index in [0.29, 0.717) is 13.2 Å². The van der Waals surface area contributed by atoms with Gasteiger partial charge < -0.3 is 9.47 Å². The van der Waals surface area contributed by atoms with Crippen LogP contribution in [0.25, 0.3) is 0 Å². The second kappa shape index (κ2) is 3.71. The molecule has 2 heterocycles. The van der Waals surface area contributed by atoms with Crippen LogP contribution in [0.2, 0.25) is 0 Å². The van der Waals surface area contributed by atoms with E-state index in [0.717, 1.165) is 24.6 Å². The van der Waals surface area contributed by atoms with Gasteiger partial charge in [-0.1, -0.05) is 45.2 Å². The van der Waals surface area contributed by atoms with E-state index < -0.39 is 0 Å². The zero-order valence-electron chi connectivity index (χ0n) is 7.95. The van der Waals surface area contributed by atoms with Gasteiger partial charge in [0.2, 0.25) is 0 Å². The van der Waals surface area contributed by atoms with Crippen LogP contribution < -0.4 is 0 Å². The fraction of sp³-hybridized carbons (Fsp3) is 0.778. The molecule has 15 heavy (non-hydrogen) atoms. The highest BCUT2D eigenvalue weighted by Gasteiger charge is 2.57. The maximum Gasteiger partial charge on any atom is 0.200 e. The van der Waals surface area contributed by atoms with E-state index in [-0.39, 0.29) is 13.5 Å². The summed E-state index contributed by atoms with van der Waals surface area (Å²) in [6.45, 7) is 1.39. The largest absolute Gasteiger partial charge is 0.477 e. The van der Waals surface area contributed by atoms with Crippen molar-refractivity contribution in [3.05, 3.63) is 0 Å². The van der Waals surface area contributed by atoms with Gasteiger partial charge in [0, 0.05) is 0 Å². The number of rotatable bonds is 2. The molecular weight excluding hydrogens is 422 g/mol. The van der Waals surface area contributed by atoms with E-state index in [2.05, 4.69) is 55.2 Å². The van der Waals surface area contributed by atoms with Gasteiger partial charge in [0.05, 0.1) is 0 Å². The van der Waals surface area contributed by atoms with Crippen LogP contribution in [-0.2, 0) is 9.47 Å². The Labute approximate surface area is 115 Å². The van der Waals surface area contributed by atoms with Crippen molar-refractivity contribution in [2.24, 2.45) is 15.4 Å². The minimum atomic E-state index is -0.0835. The lowest BCUT2D eigenvalue weighted by atomic mass is 10.1. The first kappa shape index (κ1) is 10.5. The van der Waals surface area contributed by atoms with Gasteiger partial charge in [0.15, 0.2) is 11.8 Å². The first-order chi connectivity index (χ1) is 7.21. The lowest BCUT2D eigenvalue weighted by Crippen LogP contribution is -2.26. The van der Waals surface area contributed by atoms with Crippen LogP contribution in [0.1, 0.15) is 12.8 Å². The Hall–Kier alpha value is 0.400. The number of ether oxygens (including phenoxy) is 2. The molecule has 1 aliphatic carbocycles. The summed E-state index contributed by atoms with van der Waals surface area (Å²) in [5.74, 6) is 1.71. The van der Waals surface area contributed by atoms with E-state index in [1.165, 1.54) is 0 Å². The quantitative estimate of drug-likeness (QED) is 0.382. The van der Waals surface area contributed by atoms with Gasteiger partial charge in [-0.2, -0.15) is 0 Å². The van der Waals surface area contributed by atoms with Gasteiger partial charge in [-0.3, -0.25) is 0 Å². The monoisotopic (exact) mass is 432 g/mol. The van der Waals surface area contributed by atoms with Crippen LogP contribution in [0.15, 0.2) is 9.98 Å². The third-order valence-corrected chi connectivity index (χ3v) is 4.07. The molecule has 0 N–H and O–H groups in total. The molecule has 2 aliphatic heterocycles. The minimum Gasteiger partial charge on any atom is -0.477 e. The Morgan fingerprint density at radius 1 is 1.00 bits per heavy atom. The molecule has 3 rings (SSSR count). The van der Waals surface area contributed by atoms with E-state index in [4.69, 9.17) is 9.47 Å². The Bertz CT molecular complexity index is 322. The van der Waals surface area contributed by atoms with Crippen LogP contribution in [0.3, 0.4) is 0 Å². The topological polar surface area (TPSA) is 43.2 Å². The molecule has 0 aromatic carbocycles. The second-order valence-corrected chi connectivity index (χ2v) is 6.82. The minimum absolute atomic E-state index is 0.0835. The summed E-state index contributed by atoms with van der Waals surface area (Å²) in [5, 5.41) is 0. The van der Waals surface area contributed by atoms with Gasteiger partial charge in [0.25, 0.3) is 0 Å². The van der Waals surface area contributed by atoms with Crippen molar-refractivity contribution < 1.29 is 9.47 Å². The van der Waals surface area contributed by atoms with Crippen LogP contribution in [0.4, 0.5) is 0 Å². The van der Waals surface area contributed by atoms with Crippen molar-refractivity contribution in [1.82, 2.24) is 0 Å². The van der Waals surface area contributed by atoms with E-state index in [9.17, 15) is 0 Å². The van der Waals surface area contributed by atoms with Gasteiger partial charge in [-0.15, -0.1) is 0 Å². The number of nitrogens with zero attached hydrogens (tertiary/aromatic N) is 2. The molecule has 0 aromatic rings. The first-order valence-corrected chi connectivity index (χ1v) is 7.40.